The number of anilines is 2. The van der Waals surface area contributed by atoms with Crippen LogP contribution in [-0.4, -0.2) is 21.1 Å². The molecular weight excluding hydrogens is 466 g/mol. The Morgan fingerprint density at radius 3 is 2.19 bits per heavy atom. The van der Waals surface area contributed by atoms with Gasteiger partial charge in [0, 0.05) is 27.9 Å². The zero-order chi connectivity index (χ0) is 25.3. The van der Waals surface area contributed by atoms with Crippen molar-refractivity contribution in [2.24, 2.45) is 0 Å². The van der Waals surface area contributed by atoms with Gasteiger partial charge in [-0.25, -0.2) is 4.98 Å². The molecule has 1 N–H and O–H groups in total. The van der Waals surface area contributed by atoms with Crippen molar-refractivity contribution in [3.05, 3.63) is 106 Å². The fourth-order valence-corrected chi connectivity index (χ4v) is 5.77. The first-order chi connectivity index (χ1) is 17.4. The van der Waals surface area contributed by atoms with Crippen molar-refractivity contribution < 1.29 is 4.79 Å². The van der Waals surface area contributed by atoms with Crippen LogP contribution in [-0.2, 0) is 16.6 Å². The van der Waals surface area contributed by atoms with Gasteiger partial charge in [-0.15, -0.1) is 0 Å². The Bertz CT molecular complexity index is 1410. The maximum atomic E-state index is 13.8. The minimum absolute atomic E-state index is 0.0865. The van der Waals surface area contributed by atoms with Gasteiger partial charge in [-0.2, -0.15) is 0 Å². The molecule has 4 aromatic rings. The van der Waals surface area contributed by atoms with Crippen LogP contribution in [0.25, 0.3) is 11.3 Å². The third-order valence-electron chi connectivity index (χ3n) is 7.02. The monoisotopic (exact) mass is 495 g/mol. The molecule has 0 saturated carbocycles. The van der Waals surface area contributed by atoms with Crippen molar-refractivity contribution in [3.63, 3.8) is 0 Å². The number of rotatable bonds is 6. The number of hydrogen-bond donors (Lipinski definition) is 1. The van der Waals surface area contributed by atoms with Crippen LogP contribution in [0.3, 0.4) is 0 Å². The number of benzene rings is 3. The molecule has 1 aliphatic rings. The zero-order valence-corrected chi connectivity index (χ0v) is 21.5. The van der Waals surface area contributed by atoms with E-state index in [4.69, 9.17) is 4.98 Å². The lowest BCUT2D eigenvalue weighted by atomic mass is 9.69. The van der Waals surface area contributed by atoms with Crippen molar-refractivity contribution in [2.45, 2.75) is 49.4 Å². The van der Waals surface area contributed by atoms with Gasteiger partial charge in [0.15, 0.2) is 5.16 Å². The molecule has 0 fully saturated rings. The number of aromatic amines is 1. The number of H-pyrrole nitrogens is 1. The maximum absolute atomic E-state index is 13.8. The molecule has 1 aliphatic carbocycles. The number of nitrogens with zero attached hydrogens (tertiary/aromatic N) is 2. The van der Waals surface area contributed by atoms with Gasteiger partial charge in [0.05, 0.1) is 10.9 Å². The van der Waals surface area contributed by atoms with E-state index in [2.05, 4.69) is 24.9 Å². The standard InChI is InChI=1S/C30H29N3O2S/c1-4-30(3)19-21-13-11-12-18-24(21)26-25(30)27(34)32-29(31-26)36-20(2)28(35)33(22-14-7-5-8-15-22)23-16-9-6-10-17-23/h5-18,20H,4,19H2,1-3H3,(H,31,32,34). The van der Waals surface area contributed by atoms with E-state index in [-0.39, 0.29) is 16.9 Å². The van der Waals surface area contributed by atoms with E-state index < -0.39 is 5.25 Å². The van der Waals surface area contributed by atoms with Gasteiger partial charge >= 0.3 is 0 Å². The summed E-state index contributed by atoms with van der Waals surface area (Å²) in [4.78, 5) is 36.8. The summed E-state index contributed by atoms with van der Waals surface area (Å²) in [5, 5.41) is -0.0289. The van der Waals surface area contributed by atoms with Crippen molar-refractivity contribution in [1.29, 1.82) is 0 Å². The molecule has 1 amide bonds. The number of para-hydroxylation sites is 2. The summed E-state index contributed by atoms with van der Waals surface area (Å²) in [5.74, 6) is -0.0865. The fraction of sp³-hybridized carbons (Fsp3) is 0.233. The predicted octanol–water partition coefficient (Wildman–Crippen LogP) is 6.51. The molecule has 0 aliphatic heterocycles. The first-order valence-electron chi connectivity index (χ1n) is 12.2. The van der Waals surface area contributed by atoms with Gasteiger partial charge in [0.25, 0.3) is 5.56 Å². The quantitative estimate of drug-likeness (QED) is 0.245. The number of thioether (sulfide) groups is 1. The maximum Gasteiger partial charge on any atom is 0.255 e. The fourth-order valence-electron chi connectivity index (χ4n) is 4.94. The van der Waals surface area contributed by atoms with Crippen molar-refractivity contribution in [3.8, 4) is 11.3 Å². The SMILES string of the molecule is CCC1(C)Cc2ccccc2-c2nc(SC(C)C(=O)N(c3ccccc3)c3ccccc3)[nH]c(=O)c21. The first kappa shape index (κ1) is 24.1. The number of carbonyl (C=O) groups is 1. The van der Waals surface area contributed by atoms with Crippen molar-refractivity contribution in [2.75, 3.05) is 4.90 Å². The summed E-state index contributed by atoms with van der Waals surface area (Å²) >= 11 is 1.28. The summed E-state index contributed by atoms with van der Waals surface area (Å²) < 4.78 is 0. The van der Waals surface area contributed by atoms with Crippen LogP contribution >= 0.6 is 11.8 Å². The van der Waals surface area contributed by atoms with Gasteiger partial charge in [-0.3, -0.25) is 14.5 Å². The second-order valence-corrected chi connectivity index (χ2v) is 10.8. The Morgan fingerprint density at radius 1 is 1.00 bits per heavy atom. The zero-order valence-electron chi connectivity index (χ0n) is 20.7. The molecule has 1 aromatic heterocycles. The largest absolute Gasteiger partial charge is 0.301 e. The Morgan fingerprint density at radius 2 is 1.58 bits per heavy atom. The molecule has 0 spiro atoms. The molecule has 0 radical (unpaired) electrons. The molecule has 3 aromatic carbocycles. The molecule has 5 nitrogen and oxygen atoms in total. The normalized spacial score (nSPS) is 17.1. The molecule has 2 atom stereocenters. The molecular formula is C30H29N3O2S. The van der Waals surface area contributed by atoms with E-state index in [0.717, 1.165) is 41.0 Å². The van der Waals surface area contributed by atoms with Crippen LogP contribution in [0, 0.1) is 0 Å². The number of aromatic nitrogens is 2. The average molecular weight is 496 g/mol. The average Bonchev–Trinajstić information content (AvgIpc) is 2.90. The van der Waals surface area contributed by atoms with Crippen molar-refractivity contribution in [1.82, 2.24) is 9.97 Å². The van der Waals surface area contributed by atoms with Crippen LogP contribution in [0.5, 0.6) is 0 Å². The summed E-state index contributed by atoms with van der Waals surface area (Å²) in [5.41, 5.74) is 4.85. The lowest BCUT2D eigenvalue weighted by Crippen LogP contribution is -2.37. The van der Waals surface area contributed by atoms with Gasteiger partial charge in [0.1, 0.15) is 0 Å². The second-order valence-electron chi connectivity index (χ2n) is 9.45. The molecule has 0 bridgehead atoms. The number of nitrogens with one attached hydrogen (secondary N) is 1. The summed E-state index contributed by atoms with van der Waals surface area (Å²) in [7, 11) is 0. The van der Waals surface area contributed by atoms with E-state index in [9.17, 15) is 9.59 Å². The molecule has 2 unspecified atom stereocenters. The van der Waals surface area contributed by atoms with Gasteiger partial charge in [-0.05, 0) is 49.6 Å². The molecule has 182 valence electrons. The van der Waals surface area contributed by atoms with Crippen LogP contribution in [0.15, 0.2) is 94.9 Å². The van der Waals surface area contributed by atoms with Crippen molar-refractivity contribution >= 4 is 29.0 Å². The summed E-state index contributed by atoms with van der Waals surface area (Å²) in [6.45, 7) is 6.10. The highest BCUT2D eigenvalue weighted by Crippen LogP contribution is 2.42. The van der Waals surface area contributed by atoms with Crippen LogP contribution < -0.4 is 10.5 Å². The second kappa shape index (κ2) is 9.78. The molecule has 1 heterocycles. The Labute approximate surface area is 215 Å². The van der Waals surface area contributed by atoms with Gasteiger partial charge < -0.3 is 4.98 Å². The van der Waals surface area contributed by atoms with E-state index in [0.29, 0.717) is 5.16 Å². The van der Waals surface area contributed by atoms with Crippen LogP contribution in [0.2, 0.25) is 0 Å². The first-order valence-corrected chi connectivity index (χ1v) is 13.1. The van der Waals surface area contributed by atoms with Crippen LogP contribution in [0.4, 0.5) is 11.4 Å². The minimum atomic E-state index is -0.483. The lowest BCUT2D eigenvalue weighted by Gasteiger charge is -2.35. The summed E-state index contributed by atoms with van der Waals surface area (Å²) in [6, 6.07) is 27.4. The third kappa shape index (κ3) is 4.37. The minimum Gasteiger partial charge on any atom is -0.301 e. The van der Waals surface area contributed by atoms with E-state index in [1.165, 1.54) is 17.3 Å². The molecule has 6 heteroatoms. The van der Waals surface area contributed by atoms with Gasteiger partial charge in [0.2, 0.25) is 5.91 Å². The molecule has 5 rings (SSSR count). The highest BCUT2D eigenvalue weighted by atomic mass is 32.2. The van der Waals surface area contributed by atoms with E-state index in [1.54, 1.807) is 4.90 Å². The Balaban J connectivity index is 1.51. The number of hydrogen-bond acceptors (Lipinski definition) is 4. The Kier molecular flexibility index (Phi) is 6.54. The number of amides is 1. The lowest BCUT2D eigenvalue weighted by molar-refractivity contribution is -0.117. The molecule has 36 heavy (non-hydrogen) atoms. The number of carbonyl (C=O) groups excluding carboxylic acids is 1. The number of fused-ring (bicyclic) bond motifs is 3. The van der Waals surface area contributed by atoms with Crippen LogP contribution in [0.1, 0.15) is 38.3 Å². The smallest absolute Gasteiger partial charge is 0.255 e. The van der Waals surface area contributed by atoms with E-state index in [1.807, 2.05) is 85.8 Å². The summed E-state index contributed by atoms with van der Waals surface area (Å²) in [6.07, 6.45) is 1.64. The highest BCUT2D eigenvalue weighted by molar-refractivity contribution is 8.00. The topological polar surface area (TPSA) is 66.1 Å². The highest BCUT2D eigenvalue weighted by Gasteiger charge is 2.37. The Hall–Kier alpha value is -3.64. The van der Waals surface area contributed by atoms with Gasteiger partial charge in [-0.1, -0.05) is 86.3 Å². The predicted molar refractivity (Wildman–Crippen MR) is 147 cm³/mol. The molecule has 0 saturated heterocycles. The van der Waals surface area contributed by atoms with E-state index >= 15 is 0 Å². The third-order valence-corrected chi connectivity index (χ3v) is 7.99.